The molecule has 108 valence electrons. The van der Waals surface area contributed by atoms with Crippen LogP contribution in [0.3, 0.4) is 0 Å². The van der Waals surface area contributed by atoms with Gasteiger partial charge in [0.05, 0.1) is 6.04 Å². The van der Waals surface area contributed by atoms with Crippen molar-refractivity contribution < 1.29 is 9.59 Å². The van der Waals surface area contributed by atoms with Gasteiger partial charge in [-0.1, -0.05) is 0 Å². The summed E-state index contributed by atoms with van der Waals surface area (Å²) in [6.07, 6.45) is 0. The Bertz CT molecular complexity index is 470. The zero-order valence-electron chi connectivity index (χ0n) is 11.4. The topological polar surface area (TPSA) is 70.2 Å². The number of nitrogens with one attached hydrogen (secondary N) is 3. The number of carbonyl (C=O) groups excluding carboxylic acids is 2. The summed E-state index contributed by atoms with van der Waals surface area (Å²) in [6.45, 7) is 3.34. The van der Waals surface area contributed by atoms with Crippen LogP contribution < -0.4 is 16.0 Å². The van der Waals surface area contributed by atoms with Crippen molar-refractivity contribution >= 4 is 29.3 Å². The van der Waals surface area contributed by atoms with Gasteiger partial charge in [0, 0.05) is 35.8 Å². The Kier molecular flexibility index (Phi) is 5.43. The van der Waals surface area contributed by atoms with Crippen molar-refractivity contribution in [3.05, 3.63) is 29.8 Å². The summed E-state index contributed by atoms with van der Waals surface area (Å²) in [7, 11) is 0. The average molecular weight is 293 g/mol. The van der Waals surface area contributed by atoms with E-state index < -0.39 is 0 Å². The van der Waals surface area contributed by atoms with Crippen LogP contribution in [0.1, 0.15) is 17.3 Å². The van der Waals surface area contributed by atoms with Crippen LogP contribution in [0.15, 0.2) is 24.3 Å². The summed E-state index contributed by atoms with van der Waals surface area (Å²) >= 11 is 1.78. The number of amides is 2. The third-order valence-corrected chi connectivity index (χ3v) is 4.05. The second kappa shape index (κ2) is 7.31. The highest BCUT2D eigenvalue weighted by atomic mass is 32.2. The fraction of sp³-hybridized carbons (Fsp3) is 0.429. The Morgan fingerprint density at radius 1 is 1.35 bits per heavy atom. The minimum atomic E-state index is -0.142. The fourth-order valence-electron chi connectivity index (χ4n) is 1.93. The van der Waals surface area contributed by atoms with E-state index in [1.54, 1.807) is 36.0 Å². The Morgan fingerprint density at radius 2 is 2.10 bits per heavy atom. The van der Waals surface area contributed by atoms with E-state index in [2.05, 4.69) is 16.0 Å². The Hall–Kier alpha value is -1.53. The number of benzene rings is 1. The van der Waals surface area contributed by atoms with Gasteiger partial charge in [0.2, 0.25) is 5.91 Å². The lowest BCUT2D eigenvalue weighted by atomic mass is 10.2. The van der Waals surface area contributed by atoms with Crippen LogP contribution in [0.5, 0.6) is 0 Å². The standard InChI is InChI=1S/C14H19N3O2S/c1-2-15-13(18)10-3-5-11(6-4-10)17-14(19)12-9-20-8-7-16-12/h3-6,12,16H,2,7-9H2,1H3,(H,15,18)(H,17,19). The number of anilines is 1. The Morgan fingerprint density at radius 3 is 2.70 bits per heavy atom. The van der Waals surface area contributed by atoms with E-state index >= 15 is 0 Å². The molecule has 6 heteroatoms. The number of carbonyl (C=O) groups is 2. The van der Waals surface area contributed by atoms with Crippen molar-refractivity contribution in [1.29, 1.82) is 0 Å². The van der Waals surface area contributed by atoms with Gasteiger partial charge in [-0.05, 0) is 31.2 Å². The summed E-state index contributed by atoms with van der Waals surface area (Å²) < 4.78 is 0. The van der Waals surface area contributed by atoms with Crippen molar-refractivity contribution in [2.45, 2.75) is 13.0 Å². The zero-order valence-corrected chi connectivity index (χ0v) is 12.3. The van der Waals surface area contributed by atoms with E-state index in [1.807, 2.05) is 6.92 Å². The van der Waals surface area contributed by atoms with Crippen molar-refractivity contribution in [2.24, 2.45) is 0 Å². The molecule has 20 heavy (non-hydrogen) atoms. The molecule has 0 radical (unpaired) electrons. The Balaban J connectivity index is 1.92. The van der Waals surface area contributed by atoms with Crippen LogP contribution in [-0.2, 0) is 4.79 Å². The molecule has 1 heterocycles. The van der Waals surface area contributed by atoms with Gasteiger partial charge in [0.25, 0.3) is 5.91 Å². The van der Waals surface area contributed by atoms with Gasteiger partial charge >= 0.3 is 0 Å². The van der Waals surface area contributed by atoms with Crippen LogP contribution in [0.25, 0.3) is 0 Å². The molecule has 2 amide bonds. The number of hydrogen-bond donors (Lipinski definition) is 3. The van der Waals surface area contributed by atoms with Crippen LogP contribution in [0, 0.1) is 0 Å². The number of rotatable bonds is 4. The zero-order chi connectivity index (χ0) is 14.4. The van der Waals surface area contributed by atoms with Crippen LogP contribution in [0.4, 0.5) is 5.69 Å². The van der Waals surface area contributed by atoms with Crippen LogP contribution in [0.2, 0.25) is 0 Å². The summed E-state index contributed by atoms with van der Waals surface area (Å²) in [5, 5.41) is 8.79. The molecule has 0 aliphatic carbocycles. The molecule has 2 rings (SSSR count). The molecule has 1 aromatic carbocycles. The highest BCUT2D eigenvalue weighted by Gasteiger charge is 2.20. The third-order valence-electron chi connectivity index (χ3n) is 2.99. The predicted octanol–water partition coefficient (Wildman–Crippen LogP) is 1.08. The van der Waals surface area contributed by atoms with Crippen molar-refractivity contribution in [1.82, 2.24) is 10.6 Å². The van der Waals surface area contributed by atoms with E-state index in [-0.39, 0.29) is 17.9 Å². The minimum absolute atomic E-state index is 0.0250. The molecule has 3 N–H and O–H groups in total. The fourth-order valence-corrected chi connectivity index (χ4v) is 2.86. The van der Waals surface area contributed by atoms with Crippen molar-refractivity contribution in [2.75, 3.05) is 29.9 Å². The molecular formula is C14H19N3O2S. The molecule has 0 bridgehead atoms. The SMILES string of the molecule is CCNC(=O)c1ccc(NC(=O)C2CSCCN2)cc1. The first-order valence-electron chi connectivity index (χ1n) is 6.71. The maximum atomic E-state index is 12.0. The molecule has 1 aliphatic heterocycles. The maximum Gasteiger partial charge on any atom is 0.251 e. The summed E-state index contributed by atoms with van der Waals surface area (Å²) in [5.41, 5.74) is 1.30. The predicted molar refractivity (Wildman–Crippen MR) is 82.2 cm³/mol. The largest absolute Gasteiger partial charge is 0.352 e. The summed E-state index contributed by atoms with van der Waals surface area (Å²) in [4.78, 5) is 23.6. The van der Waals surface area contributed by atoms with Gasteiger partial charge in [-0.2, -0.15) is 11.8 Å². The van der Waals surface area contributed by atoms with Crippen LogP contribution in [-0.4, -0.2) is 42.5 Å². The van der Waals surface area contributed by atoms with Crippen molar-refractivity contribution in [3.8, 4) is 0 Å². The quantitative estimate of drug-likeness (QED) is 0.777. The molecule has 1 fully saturated rings. The molecule has 1 unspecified atom stereocenters. The first-order chi connectivity index (χ1) is 9.70. The second-order valence-electron chi connectivity index (χ2n) is 4.51. The molecule has 0 spiro atoms. The molecular weight excluding hydrogens is 274 g/mol. The van der Waals surface area contributed by atoms with E-state index in [9.17, 15) is 9.59 Å². The minimum Gasteiger partial charge on any atom is -0.352 e. The summed E-state index contributed by atoms with van der Waals surface area (Å²) in [6, 6.07) is 6.78. The molecule has 1 saturated heterocycles. The molecule has 1 aromatic rings. The van der Waals surface area contributed by atoms with Crippen LogP contribution >= 0.6 is 11.8 Å². The number of hydrogen-bond acceptors (Lipinski definition) is 4. The first-order valence-corrected chi connectivity index (χ1v) is 7.86. The Labute approximate surface area is 122 Å². The van der Waals surface area contributed by atoms with E-state index in [0.29, 0.717) is 17.8 Å². The second-order valence-corrected chi connectivity index (χ2v) is 5.66. The highest BCUT2D eigenvalue weighted by Crippen LogP contribution is 2.12. The summed E-state index contributed by atoms with van der Waals surface area (Å²) in [5.74, 6) is 1.71. The maximum absolute atomic E-state index is 12.0. The lowest BCUT2D eigenvalue weighted by Crippen LogP contribution is -2.46. The molecule has 0 saturated carbocycles. The first kappa shape index (κ1) is 14.9. The lowest BCUT2D eigenvalue weighted by molar-refractivity contribution is -0.117. The molecule has 1 atom stereocenters. The van der Waals surface area contributed by atoms with Gasteiger partial charge in [-0.25, -0.2) is 0 Å². The molecule has 0 aromatic heterocycles. The number of thioether (sulfide) groups is 1. The van der Waals surface area contributed by atoms with E-state index in [4.69, 9.17) is 0 Å². The van der Waals surface area contributed by atoms with Gasteiger partial charge in [-0.3, -0.25) is 9.59 Å². The third kappa shape index (κ3) is 3.98. The van der Waals surface area contributed by atoms with Gasteiger partial charge < -0.3 is 16.0 Å². The molecule has 1 aliphatic rings. The van der Waals surface area contributed by atoms with E-state index in [0.717, 1.165) is 18.1 Å². The lowest BCUT2D eigenvalue weighted by Gasteiger charge is -2.22. The van der Waals surface area contributed by atoms with Gasteiger partial charge in [0.15, 0.2) is 0 Å². The monoisotopic (exact) mass is 293 g/mol. The normalized spacial score (nSPS) is 18.4. The average Bonchev–Trinajstić information content (AvgIpc) is 2.49. The smallest absolute Gasteiger partial charge is 0.251 e. The van der Waals surface area contributed by atoms with Gasteiger partial charge in [-0.15, -0.1) is 0 Å². The molecule has 5 nitrogen and oxygen atoms in total. The van der Waals surface area contributed by atoms with E-state index in [1.165, 1.54) is 0 Å². The van der Waals surface area contributed by atoms with Crippen molar-refractivity contribution in [3.63, 3.8) is 0 Å². The van der Waals surface area contributed by atoms with Gasteiger partial charge in [0.1, 0.15) is 0 Å². The highest BCUT2D eigenvalue weighted by molar-refractivity contribution is 7.99.